The number of rotatable bonds is 5. The minimum Gasteiger partial charge on any atom is -0.255 e. The maximum atomic E-state index is 5.76. The first-order chi connectivity index (χ1) is 10.4. The minimum atomic E-state index is -0.527. The van der Waals surface area contributed by atoms with Gasteiger partial charge in [0.2, 0.25) is 0 Å². The highest BCUT2D eigenvalue weighted by Crippen LogP contribution is 2.31. The number of hydrogen-bond acceptors (Lipinski definition) is 10. The van der Waals surface area contributed by atoms with Crippen molar-refractivity contribution in [2.45, 2.75) is 69.7 Å². The van der Waals surface area contributed by atoms with Crippen molar-refractivity contribution in [1.29, 1.82) is 0 Å². The Morgan fingerprint density at radius 2 is 0.955 bits per heavy atom. The van der Waals surface area contributed by atoms with Gasteiger partial charge >= 0.3 is 0 Å². The fraction of sp³-hybridized carbons (Fsp3) is 1.00. The van der Waals surface area contributed by atoms with Crippen molar-refractivity contribution in [3.8, 4) is 0 Å². The van der Waals surface area contributed by atoms with Gasteiger partial charge in [-0.25, -0.2) is 23.4 Å². The molecule has 1 rings (SSSR count). The molecular formula is C12H34N10. The number of hydrazine groups is 8. The molecule has 0 bridgehead atoms. The summed E-state index contributed by atoms with van der Waals surface area (Å²) in [4.78, 5) is 0. The van der Waals surface area contributed by atoms with E-state index in [4.69, 9.17) is 35.1 Å². The zero-order valence-electron chi connectivity index (χ0n) is 13.5. The van der Waals surface area contributed by atoms with Gasteiger partial charge in [0, 0.05) is 6.54 Å². The van der Waals surface area contributed by atoms with Gasteiger partial charge in [0.05, 0.1) is 5.54 Å². The lowest BCUT2D eigenvalue weighted by atomic mass is 9.86. The van der Waals surface area contributed by atoms with Gasteiger partial charge in [0.1, 0.15) is 0 Å². The highest BCUT2D eigenvalue weighted by atomic mass is 16.1. The topological polar surface area (TPSA) is 169 Å². The van der Waals surface area contributed by atoms with E-state index in [0.29, 0.717) is 6.54 Å². The second kappa shape index (κ2) is 9.67. The van der Waals surface area contributed by atoms with Crippen LogP contribution in [0, 0.1) is 0 Å². The molecule has 0 aromatic carbocycles. The van der Waals surface area contributed by atoms with Crippen molar-refractivity contribution in [2.75, 3.05) is 6.54 Å². The van der Waals surface area contributed by atoms with Gasteiger partial charge in [-0.05, 0) is 12.8 Å². The van der Waals surface area contributed by atoms with Crippen LogP contribution in [0.3, 0.4) is 0 Å². The summed E-state index contributed by atoms with van der Waals surface area (Å²) in [5, 5.41) is 4.45. The normalized spacial score (nSPS) is 21.5. The Bertz CT molecular complexity index is 276. The average Bonchev–Trinajstić information content (AvgIpc) is 2.43. The molecule has 0 radical (unpaired) electrons. The first-order valence-corrected chi connectivity index (χ1v) is 8.05. The molecule has 0 unspecified atom stereocenters. The molecule has 1 aliphatic carbocycles. The highest BCUT2D eigenvalue weighted by Gasteiger charge is 2.41. The van der Waals surface area contributed by atoms with Gasteiger partial charge < -0.3 is 0 Å². The van der Waals surface area contributed by atoms with Crippen molar-refractivity contribution in [3.63, 3.8) is 0 Å². The third kappa shape index (κ3) is 6.01. The Hall–Kier alpha value is -0.400. The van der Waals surface area contributed by atoms with Crippen molar-refractivity contribution in [1.82, 2.24) is 20.7 Å². The Kier molecular flexibility index (Phi) is 8.64. The minimum absolute atomic E-state index is 0.364. The van der Waals surface area contributed by atoms with Crippen molar-refractivity contribution in [3.05, 3.63) is 0 Å². The summed E-state index contributed by atoms with van der Waals surface area (Å²) >= 11 is 0. The lowest BCUT2D eigenvalue weighted by Crippen LogP contribution is -2.75. The summed E-state index contributed by atoms with van der Waals surface area (Å²) in [7, 11) is 0. The molecule has 22 heavy (non-hydrogen) atoms. The fourth-order valence-electron chi connectivity index (χ4n) is 3.46. The van der Waals surface area contributed by atoms with Crippen molar-refractivity contribution in [2.24, 2.45) is 35.1 Å². The Labute approximate surface area is 133 Å². The van der Waals surface area contributed by atoms with E-state index in [2.05, 4.69) is 0 Å². The second-order valence-electron chi connectivity index (χ2n) is 6.27. The molecule has 12 N–H and O–H groups in total. The number of hydrogen-bond donors (Lipinski definition) is 6. The van der Waals surface area contributed by atoms with Crippen LogP contribution in [0.1, 0.15) is 64.2 Å². The van der Waals surface area contributed by atoms with Gasteiger partial charge in [0.15, 0.2) is 0 Å². The predicted octanol–water partition coefficient (Wildman–Crippen LogP) is -1.08. The monoisotopic (exact) mass is 318 g/mol. The van der Waals surface area contributed by atoms with Gasteiger partial charge in [-0.15, -0.1) is 5.12 Å². The van der Waals surface area contributed by atoms with Crippen LogP contribution in [0.5, 0.6) is 0 Å². The molecule has 10 nitrogen and oxygen atoms in total. The SMILES string of the molecule is NN(N)CC1(N(N(N)N)N(N)N)CCCCCCCCCC1. The van der Waals surface area contributed by atoms with Crippen LogP contribution >= 0.6 is 0 Å². The molecule has 132 valence electrons. The lowest BCUT2D eigenvalue weighted by molar-refractivity contribution is -0.266. The summed E-state index contributed by atoms with van der Waals surface area (Å²) < 4.78 is 0. The van der Waals surface area contributed by atoms with E-state index in [1.165, 1.54) is 30.8 Å². The summed E-state index contributed by atoms with van der Waals surface area (Å²) in [5.41, 5.74) is -0.527. The standard InChI is InChI=1S/C12H34N10/c13-19(14)11-12(20(21(15)16)22(17)18)9-7-5-3-1-2-4-6-8-10-12/h1-11,13-18H2. The summed E-state index contributed by atoms with van der Waals surface area (Å²) in [6, 6.07) is 0. The Balaban J connectivity index is 3.00. The third-order valence-corrected chi connectivity index (χ3v) is 4.37. The molecule has 0 aliphatic heterocycles. The van der Waals surface area contributed by atoms with Crippen LogP contribution in [0.15, 0.2) is 0 Å². The number of nitrogens with zero attached hydrogens (tertiary/aromatic N) is 4. The molecule has 0 heterocycles. The van der Waals surface area contributed by atoms with Crippen LogP contribution in [-0.4, -0.2) is 32.8 Å². The van der Waals surface area contributed by atoms with Gasteiger partial charge in [-0.2, -0.15) is 5.12 Å². The van der Waals surface area contributed by atoms with Crippen molar-refractivity contribution < 1.29 is 0 Å². The van der Waals surface area contributed by atoms with E-state index in [-0.39, 0.29) is 0 Å². The largest absolute Gasteiger partial charge is 0.255 e. The predicted molar refractivity (Wildman–Crippen MR) is 86.2 cm³/mol. The second-order valence-corrected chi connectivity index (χ2v) is 6.27. The van der Waals surface area contributed by atoms with Gasteiger partial charge in [-0.1, -0.05) is 61.8 Å². The molecule has 0 spiro atoms. The molecule has 1 aliphatic rings. The third-order valence-electron chi connectivity index (χ3n) is 4.37. The van der Waals surface area contributed by atoms with E-state index in [0.717, 1.165) is 54.1 Å². The van der Waals surface area contributed by atoms with Crippen LogP contribution in [0.4, 0.5) is 0 Å². The first kappa shape index (κ1) is 19.6. The fourth-order valence-corrected chi connectivity index (χ4v) is 3.46. The summed E-state index contributed by atoms with van der Waals surface area (Å²) in [5.74, 6) is 34.5. The van der Waals surface area contributed by atoms with E-state index in [1.54, 1.807) is 0 Å². The average molecular weight is 318 g/mol. The molecule has 0 atom stereocenters. The molecule has 0 amide bonds. The van der Waals surface area contributed by atoms with Crippen LogP contribution in [0.2, 0.25) is 0 Å². The van der Waals surface area contributed by atoms with Gasteiger partial charge in [-0.3, -0.25) is 11.7 Å². The Morgan fingerprint density at radius 1 is 0.591 bits per heavy atom. The summed E-state index contributed by atoms with van der Waals surface area (Å²) in [6.45, 7) is 0.364. The zero-order valence-corrected chi connectivity index (χ0v) is 13.5. The van der Waals surface area contributed by atoms with Crippen LogP contribution in [-0.2, 0) is 0 Å². The van der Waals surface area contributed by atoms with Crippen molar-refractivity contribution >= 4 is 0 Å². The Morgan fingerprint density at radius 3 is 1.27 bits per heavy atom. The first-order valence-electron chi connectivity index (χ1n) is 8.05. The van der Waals surface area contributed by atoms with E-state index in [1.807, 2.05) is 0 Å². The van der Waals surface area contributed by atoms with E-state index < -0.39 is 5.54 Å². The van der Waals surface area contributed by atoms with Gasteiger partial charge in [0.25, 0.3) is 0 Å². The quantitative estimate of drug-likeness (QED) is 0.271. The molecule has 0 aromatic rings. The maximum Gasteiger partial charge on any atom is 0.0725 e. The van der Waals surface area contributed by atoms with Crippen LogP contribution in [0.25, 0.3) is 0 Å². The molecule has 1 fully saturated rings. The maximum absolute atomic E-state index is 5.76. The molecular weight excluding hydrogens is 284 g/mol. The lowest BCUT2D eigenvalue weighted by Gasteiger charge is -2.48. The smallest absolute Gasteiger partial charge is 0.0725 e. The zero-order chi connectivity index (χ0) is 16.6. The van der Waals surface area contributed by atoms with Crippen LogP contribution < -0.4 is 35.1 Å². The number of nitrogens with two attached hydrogens (primary N) is 6. The molecule has 1 saturated carbocycles. The molecule has 0 saturated heterocycles. The van der Waals surface area contributed by atoms with E-state index in [9.17, 15) is 0 Å². The van der Waals surface area contributed by atoms with E-state index >= 15 is 0 Å². The highest BCUT2D eigenvalue weighted by molar-refractivity contribution is 4.89. The summed E-state index contributed by atoms with van der Waals surface area (Å²) in [6.07, 6.45) is 11.0. The molecule has 0 aromatic heterocycles. The molecule has 10 heteroatoms.